The van der Waals surface area contributed by atoms with Crippen molar-refractivity contribution in [1.82, 2.24) is 4.98 Å². The molecule has 1 aromatic rings. The van der Waals surface area contributed by atoms with Gasteiger partial charge in [0.15, 0.2) is 0 Å². The van der Waals surface area contributed by atoms with E-state index in [4.69, 9.17) is 40.5 Å². The minimum atomic E-state index is -2.53. The molecule has 15 heavy (non-hydrogen) atoms. The summed E-state index contributed by atoms with van der Waals surface area (Å²) in [7, 11) is 0. The zero-order valence-electron chi connectivity index (χ0n) is 7.35. The Balaban J connectivity index is 3.07. The molecular formula is C8H7Cl3F2N2. The summed E-state index contributed by atoms with van der Waals surface area (Å²) in [6, 6.07) is -0.953. The number of hydrogen-bond donors (Lipinski definition) is 1. The first kappa shape index (κ1) is 12.9. The molecule has 1 atom stereocenters. The van der Waals surface area contributed by atoms with Gasteiger partial charge in [-0.3, -0.25) is 0 Å². The molecule has 7 heteroatoms. The second-order valence-corrected chi connectivity index (χ2v) is 4.00. The highest BCUT2D eigenvalue weighted by molar-refractivity contribution is 6.43. The lowest BCUT2D eigenvalue weighted by molar-refractivity contribution is 0.128. The quantitative estimate of drug-likeness (QED) is 0.854. The smallest absolute Gasteiger partial charge is 0.240 e. The van der Waals surface area contributed by atoms with Crippen LogP contribution in [0.1, 0.15) is 18.0 Å². The Kier molecular flexibility index (Phi) is 4.52. The summed E-state index contributed by atoms with van der Waals surface area (Å²) in [5, 5.41) is 0.163. The molecule has 0 aliphatic heterocycles. The lowest BCUT2D eigenvalue weighted by atomic mass is 10.1. The monoisotopic (exact) mass is 274 g/mol. The molecule has 1 aromatic heterocycles. The molecule has 0 spiro atoms. The number of halogens is 5. The normalized spacial score (nSPS) is 13.3. The third kappa shape index (κ3) is 3.14. The van der Waals surface area contributed by atoms with E-state index in [0.29, 0.717) is 0 Å². The van der Waals surface area contributed by atoms with Crippen LogP contribution in [-0.4, -0.2) is 11.4 Å². The van der Waals surface area contributed by atoms with Crippen LogP contribution in [0.5, 0.6) is 0 Å². The van der Waals surface area contributed by atoms with Crippen molar-refractivity contribution in [3.05, 3.63) is 27.0 Å². The van der Waals surface area contributed by atoms with Gasteiger partial charge in [-0.1, -0.05) is 34.8 Å². The summed E-state index contributed by atoms with van der Waals surface area (Å²) in [6.45, 7) is 0. The number of rotatable bonds is 3. The maximum Gasteiger partial charge on any atom is 0.240 e. The predicted octanol–water partition coefficient (Wildman–Crippen LogP) is 3.70. The molecule has 84 valence electrons. The minimum absolute atomic E-state index is 0.000725. The van der Waals surface area contributed by atoms with E-state index in [2.05, 4.69) is 4.98 Å². The lowest BCUT2D eigenvalue weighted by Gasteiger charge is -2.15. The maximum atomic E-state index is 12.1. The van der Waals surface area contributed by atoms with Crippen molar-refractivity contribution >= 4 is 34.8 Å². The Morgan fingerprint density at radius 3 is 2.47 bits per heavy atom. The second-order valence-electron chi connectivity index (χ2n) is 2.86. The van der Waals surface area contributed by atoms with Crippen molar-refractivity contribution in [3.63, 3.8) is 0 Å². The highest BCUT2D eigenvalue weighted by Crippen LogP contribution is 2.34. The molecule has 2 nitrogen and oxygen atoms in total. The SMILES string of the molecule is N[C@@H](CC(F)F)c1c(Cl)cnc(Cl)c1Cl. The molecule has 1 heterocycles. The van der Waals surface area contributed by atoms with Gasteiger partial charge in [0.05, 0.1) is 10.0 Å². The van der Waals surface area contributed by atoms with Crippen LogP contribution < -0.4 is 5.73 Å². The average molecular weight is 276 g/mol. The van der Waals surface area contributed by atoms with Gasteiger partial charge in [-0.25, -0.2) is 13.8 Å². The number of aromatic nitrogens is 1. The third-order valence-electron chi connectivity index (χ3n) is 1.77. The number of alkyl halides is 2. The lowest BCUT2D eigenvalue weighted by Crippen LogP contribution is -2.15. The summed E-state index contributed by atoms with van der Waals surface area (Å²) in [4.78, 5) is 3.66. The Hall–Kier alpha value is -0.160. The highest BCUT2D eigenvalue weighted by atomic mass is 35.5. The van der Waals surface area contributed by atoms with Gasteiger partial charge >= 0.3 is 0 Å². The van der Waals surface area contributed by atoms with Crippen LogP contribution in [0.15, 0.2) is 6.20 Å². The van der Waals surface area contributed by atoms with Crippen LogP contribution in [0.4, 0.5) is 8.78 Å². The molecule has 0 aromatic carbocycles. The van der Waals surface area contributed by atoms with E-state index in [0.717, 1.165) is 0 Å². The summed E-state index contributed by atoms with van der Waals surface area (Å²) in [5.74, 6) is 0. The Morgan fingerprint density at radius 2 is 1.93 bits per heavy atom. The number of nitrogens with zero attached hydrogens (tertiary/aromatic N) is 1. The fraction of sp³-hybridized carbons (Fsp3) is 0.375. The molecular weight excluding hydrogens is 268 g/mol. The standard InChI is InChI=1S/C8H7Cl3F2N2/c9-3-2-15-8(11)7(10)6(3)4(14)1-5(12)13/h2,4-5H,1,14H2/t4-/m0/s1. The fourth-order valence-corrected chi connectivity index (χ4v) is 1.88. The van der Waals surface area contributed by atoms with Gasteiger partial charge in [-0.05, 0) is 0 Å². The fourth-order valence-electron chi connectivity index (χ4n) is 1.11. The molecule has 0 fully saturated rings. The summed E-state index contributed by atoms with van der Waals surface area (Å²) in [6.07, 6.45) is -1.82. The number of pyridine rings is 1. The van der Waals surface area contributed by atoms with Crippen molar-refractivity contribution in [2.45, 2.75) is 18.9 Å². The van der Waals surface area contributed by atoms with Crippen molar-refractivity contribution in [3.8, 4) is 0 Å². The molecule has 0 radical (unpaired) electrons. The van der Waals surface area contributed by atoms with Gasteiger partial charge in [0, 0.05) is 24.2 Å². The van der Waals surface area contributed by atoms with Crippen LogP contribution >= 0.6 is 34.8 Å². The highest BCUT2D eigenvalue weighted by Gasteiger charge is 2.20. The van der Waals surface area contributed by atoms with E-state index in [1.165, 1.54) is 6.20 Å². The van der Waals surface area contributed by atoms with Gasteiger partial charge in [-0.2, -0.15) is 0 Å². The van der Waals surface area contributed by atoms with Crippen molar-refractivity contribution < 1.29 is 8.78 Å². The first-order valence-corrected chi connectivity index (χ1v) is 5.10. The zero-order chi connectivity index (χ0) is 11.6. The number of hydrogen-bond acceptors (Lipinski definition) is 2. The first-order valence-electron chi connectivity index (χ1n) is 3.96. The molecule has 0 bridgehead atoms. The summed E-state index contributed by atoms with van der Waals surface area (Å²) < 4.78 is 24.2. The topological polar surface area (TPSA) is 38.9 Å². The van der Waals surface area contributed by atoms with Crippen LogP contribution in [0.3, 0.4) is 0 Å². The minimum Gasteiger partial charge on any atom is -0.324 e. The van der Waals surface area contributed by atoms with E-state index >= 15 is 0 Å². The molecule has 0 aliphatic carbocycles. The molecule has 0 amide bonds. The van der Waals surface area contributed by atoms with Crippen LogP contribution in [0, 0.1) is 0 Å². The molecule has 0 saturated heterocycles. The molecule has 0 unspecified atom stereocenters. The Morgan fingerprint density at radius 1 is 1.33 bits per heavy atom. The van der Waals surface area contributed by atoms with Crippen molar-refractivity contribution in [2.75, 3.05) is 0 Å². The molecule has 1 rings (SSSR count). The van der Waals surface area contributed by atoms with E-state index in [1.807, 2.05) is 0 Å². The van der Waals surface area contributed by atoms with Gasteiger partial charge in [0.25, 0.3) is 0 Å². The zero-order valence-corrected chi connectivity index (χ0v) is 9.62. The van der Waals surface area contributed by atoms with Crippen LogP contribution in [0.2, 0.25) is 15.2 Å². The summed E-state index contributed by atoms with van der Waals surface area (Å²) >= 11 is 17.1. The van der Waals surface area contributed by atoms with E-state index < -0.39 is 18.9 Å². The average Bonchev–Trinajstić information content (AvgIpc) is 2.11. The number of nitrogens with two attached hydrogens (primary N) is 1. The van der Waals surface area contributed by atoms with Crippen LogP contribution in [-0.2, 0) is 0 Å². The van der Waals surface area contributed by atoms with Gasteiger partial charge < -0.3 is 5.73 Å². The summed E-state index contributed by atoms with van der Waals surface area (Å²) in [5.41, 5.74) is 5.74. The van der Waals surface area contributed by atoms with Gasteiger partial charge in [-0.15, -0.1) is 0 Å². The van der Waals surface area contributed by atoms with Gasteiger partial charge in [0.2, 0.25) is 6.43 Å². The van der Waals surface area contributed by atoms with Gasteiger partial charge in [0.1, 0.15) is 5.15 Å². The molecule has 2 N–H and O–H groups in total. The van der Waals surface area contributed by atoms with Crippen molar-refractivity contribution in [2.24, 2.45) is 5.73 Å². The third-order valence-corrected chi connectivity index (χ3v) is 2.84. The second kappa shape index (κ2) is 5.25. The Bertz CT molecular complexity index is 360. The first-order chi connectivity index (χ1) is 6.93. The largest absolute Gasteiger partial charge is 0.324 e. The van der Waals surface area contributed by atoms with E-state index in [-0.39, 0.29) is 20.8 Å². The molecule has 0 aliphatic rings. The predicted molar refractivity (Wildman–Crippen MR) is 56.8 cm³/mol. The maximum absolute atomic E-state index is 12.1. The van der Waals surface area contributed by atoms with E-state index in [9.17, 15) is 8.78 Å². The Labute approximate surface area is 100 Å². The molecule has 0 saturated carbocycles. The van der Waals surface area contributed by atoms with E-state index in [1.54, 1.807) is 0 Å². The van der Waals surface area contributed by atoms with Crippen LogP contribution in [0.25, 0.3) is 0 Å². The van der Waals surface area contributed by atoms with Crippen molar-refractivity contribution in [1.29, 1.82) is 0 Å².